The number of hydrogen-bond acceptors (Lipinski definition) is 3. The summed E-state index contributed by atoms with van der Waals surface area (Å²) in [7, 11) is 2.19. The number of nitrogens with zero attached hydrogens (tertiary/aromatic N) is 2. The van der Waals surface area contributed by atoms with E-state index in [2.05, 4.69) is 29.0 Å². The summed E-state index contributed by atoms with van der Waals surface area (Å²) in [5, 5.41) is 0. The van der Waals surface area contributed by atoms with Crippen molar-refractivity contribution in [2.75, 3.05) is 39.8 Å². The molecule has 1 heterocycles. The van der Waals surface area contributed by atoms with Crippen LogP contribution in [0.2, 0.25) is 0 Å². The highest BCUT2D eigenvalue weighted by Gasteiger charge is 2.19. The Hall–Kier alpha value is -1.19. The largest absolute Gasteiger partial charge is 0.304 e. The van der Waals surface area contributed by atoms with Crippen LogP contribution >= 0.6 is 0 Å². The Morgan fingerprint density at radius 3 is 2.68 bits per heavy atom. The molecule has 0 bridgehead atoms. The molecule has 0 radical (unpaired) electrons. The minimum absolute atomic E-state index is 0.320. The van der Waals surface area contributed by atoms with E-state index in [1.807, 2.05) is 6.07 Å². The Morgan fingerprint density at radius 2 is 1.89 bits per heavy atom. The van der Waals surface area contributed by atoms with Crippen LogP contribution in [0.4, 0.5) is 0 Å². The monoisotopic (exact) mass is 258 g/mol. The van der Waals surface area contributed by atoms with Crippen molar-refractivity contribution in [3.8, 4) is 0 Å². The normalized spacial score (nSPS) is 20.8. The molecule has 3 heteroatoms. The summed E-state index contributed by atoms with van der Waals surface area (Å²) < 4.78 is 0. The number of rotatable bonds is 3. The highest BCUT2D eigenvalue weighted by Crippen LogP contribution is 2.23. The molecule has 0 N–H and O–H groups in total. The van der Waals surface area contributed by atoms with E-state index in [1.165, 1.54) is 37.3 Å². The van der Waals surface area contributed by atoms with E-state index >= 15 is 0 Å². The fourth-order valence-electron chi connectivity index (χ4n) is 3.02. The summed E-state index contributed by atoms with van der Waals surface area (Å²) in [6.07, 6.45) is 2.75. The number of aryl methyl sites for hydroxylation is 1. The lowest BCUT2D eigenvalue weighted by molar-refractivity contribution is 0.0994. The van der Waals surface area contributed by atoms with Crippen molar-refractivity contribution in [3.63, 3.8) is 0 Å². The zero-order valence-electron chi connectivity index (χ0n) is 11.7. The predicted molar refractivity (Wildman–Crippen MR) is 76.7 cm³/mol. The zero-order valence-corrected chi connectivity index (χ0v) is 11.7. The highest BCUT2D eigenvalue weighted by atomic mass is 16.1. The number of benzene rings is 1. The molecule has 1 aliphatic heterocycles. The van der Waals surface area contributed by atoms with E-state index in [1.54, 1.807) is 0 Å². The summed E-state index contributed by atoms with van der Waals surface area (Å²) in [4.78, 5) is 16.5. The third-order valence-electron chi connectivity index (χ3n) is 4.40. The Morgan fingerprint density at radius 1 is 1.11 bits per heavy atom. The first kappa shape index (κ1) is 12.8. The maximum Gasteiger partial charge on any atom is 0.163 e. The number of piperazine rings is 1. The first-order valence-electron chi connectivity index (χ1n) is 7.28. The maximum atomic E-state index is 11.6. The lowest BCUT2D eigenvalue weighted by Gasteiger charge is -2.32. The number of carbonyl (C=O) groups is 1. The average Bonchev–Trinajstić information content (AvgIpc) is 2.79. The van der Waals surface area contributed by atoms with Crippen LogP contribution in [0, 0.1) is 0 Å². The van der Waals surface area contributed by atoms with Gasteiger partial charge in [-0.2, -0.15) is 0 Å². The SMILES string of the molecule is CN1CCN(CCc2ccc3c(c2)CCC3=O)CC1. The zero-order chi connectivity index (χ0) is 13.2. The van der Waals surface area contributed by atoms with Crippen LogP contribution in [-0.2, 0) is 12.8 Å². The molecule has 1 aromatic carbocycles. The van der Waals surface area contributed by atoms with Crippen molar-refractivity contribution in [1.82, 2.24) is 9.80 Å². The van der Waals surface area contributed by atoms with E-state index in [0.29, 0.717) is 12.2 Å². The van der Waals surface area contributed by atoms with Gasteiger partial charge in [0, 0.05) is 44.7 Å². The van der Waals surface area contributed by atoms with E-state index in [4.69, 9.17) is 0 Å². The van der Waals surface area contributed by atoms with Crippen LogP contribution in [-0.4, -0.2) is 55.4 Å². The van der Waals surface area contributed by atoms with Gasteiger partial charge in [-0.05, 0) is 31.0 Å². The molecular weight excluding hydrogens is 236 g/mol. The van der Waals surface area contributed by atoms with Crippen molar-refractivity contribution < 1.29 is 4.79 Å². The Kier molecular flexibility index (Phi) is 3.67. The first-order chi connectivity index (χ1) is 9.22. The van der Waals surface area contributed by atoms with Crippen molar-refractivity contribution >= 4 is 5.78 Å². The van der Waals surface area contributed by atoms with Gasteiger partial charge in [-0.3, -0.25) is 4.79 Å². The minimum Gasteiger partial charge on any atom is -0.304 e. The quantitative estimate of drug-likeness (QED) is 0.823. The number of hydrogen-bond donors (Lipinski definition) is 0. The first-order valence-corrected chi connectivity index (χ1v) is 7.28. The fraction of sp³-hybridized carbons (Fsp3) is 0.562. The summed E-state index contributed by atoms with van der Waals surface area (Å²) in [5.74, 6) is 0.320. The van der Waals surface area contributed by atoms with Crippen molar-refractivity contribution in [3.05, 3.63) is 34.9 Å². The van der Waals surface area contributed by atoms with Gasteiger partial charge in [-0.25, -0.2) is 0 Å². The topological polar surface area (TPSA) is 23.6 Å². The molecular formula is C16H22N2O. The number of carbonyl (C=O) groups excluding carboxylic acids is 1. The predicted octanol–water partition coefficient (Wildman–Crippen LogP) is 1.61. The number of fused-ring (bicyclic) bond motifs is 1. The molecule has 0 amide bonds. The van der Waals surface area contributed by atoms with Crippen LogP contribution in [0.3, 0.4) is 0 Å². The Bertz CT molecular complexity index is 476. The highest BCUT2D eigenvalue weighted by molar-refractivity contribution is 6.00. The minimum atomic E-state index is 0.320. The molecule has 1 aromatic rings. The fourth-order valence-corrected chi connectivity index (χ4v) is 3.02. The molecule has 0 unspecified atom stereocenters. The Labute approximate surface area is 115 Å². The molecule has 0 aromatic heterocycles. The van der Waals surface area contributed by atoms with E-state index in [-0.39, 0.29) is 0 Å². The standard InChI is InChI=1S/C16H22N2O/c1-17-8-10-18(11-9-17)7-6-13-2-4-15-14(12-13)3-5-16(15)19/h2,4,12H,3,5-11H2,1H3. The summed E-state index contributed by atoms with van der Waals surface area (Å²) >= 11 is 0. The second-order valence-electron chi connectivity index (χ2n) is 5.81. The molecule has 0 atom stereocenters. The lowest BCUT2D eigenvalue weighted by atomic mass is 10.0. The van der Waals surface area contributed by atoms with Crippen LogP contribution in [0.15, 0.2) is 18.2 Å². The van der Waals surface area contributed by atoms with Gasteiger partial charge in [-0.15, -0.1) is 0 Å². The number of Topliss-reactive ketones (excluding diaryl/α,β-unsaturated/α-hetero) is 1. The Balaban J connectivity index is 1.57. The van der Waals surface area contributed by atoms with Gasteiger partial charge < -0.3 is 9.80 Å². The summed E-state index contributed by atoms with van der Waals surface area (Å²) in [6.45, 7) is 5.86. The van der Waals surface area contributed by atoms with Crippen molar-refractivity contribution in [2.45, 2.75) is 19.3 Å². The van der Waals surface area contributed by atoms with Gasteiger partial charge in [0.05, 0.1) is 0 Å². The van der Waals surface area contributed by atoms with Crippen LogP contribution in [0.25, 0.3) is 0 Å². The average molecular weight is 258 g/mol. The molecule has 2 aliphatic rings. The molecule has 3 nitrogen and oxygen atoms in total. The molecule has 19 heavy (non-hydrogen) atoms. The van der Waals surface area contributed by atoms with Gasteiger partial charge >= 0.3 is 0 Å². The van der Waals surface area contributed by atoms with Crippen LogP contribution < -0.4 is 0 Å². The van der Waals surface area contributed by atoms with Crippen LogP contribution in [0.1, 0.15) is 27.9 Å². The molecule has 1 fully saturated rings. The summed E-state index contributed by atoms with van der Waals surface area (Å²) in [6, 6.07) is 6.42. The smallest absolute Gasteiger partial charge is 0.163 e. The molecule has 3 rings (SSSR count). The molecule has 1 aliphatic carbocycles. The third kappa shape index (κ3) is 2.88. The van der Waals surface area contributed by atoms with Gasteiger partial charge in [0.1, 0.15) is 0 Å². The second kappa shape index (κ2) is 5.43. The molecule has 0 saturated carbocycles. The number of ketones is 1. The maximum absolute atomic E-state index is 11.6. The van der Waals surface area contributed by atoms with E-state index < -0.39 is 0 Å². The van der Waals surface area contributed by atoms with E-state index in [0.717, 1.165) is 24.9 Å². The van der Waals surface area contributed by atoms with E-state index in [9.17, 15) is 4.79 Å². The van der Waals surface area contributed by atoms with Crippen molar-refractivity contribution in [2.24, 2.45) is 0 Å². The van der Waals surface area contributed by atoms with Crippen LogP contribution in [0.5, 0.6) is 0 Å². The van der Waals surface area contributed by atoms with Gasteiger partial charge in [0.15, 0.2) is 5.78 Å². The molecule has 102 valence electrons. The van der Waals surface area contributed by atoms with Gasteiger partial charge in [0.2, 0.25) is 0 Å². The molecule has 1 saturated heterocycles. The van der Waals surface area contributed by atoms with Crippen molar-refractivity contribution in [1.29, 1.82) is 0 Å². The van der Waals surface area contributed by atoms with Gasteiger partial charge in [0.25, 0.3) is 0 Å². The van der Waals surface area contributed by atoms with Gasteiger partial charge in [-0.1, -0.05) is 18.2 Å². The second-order valence-corrected chi connectivity index (χ2v) is 5.81. The summed E-state index contributed by atoms with van der Waals surface area (Å²) in [5.41, 5.74) is 3.61. The lowest BCUT2D eigenvalue weighted by Crippen LogP contribution is -2.45. The third-order valence-corrected chi connectivity index (χ3v) is 4.40. The molecule has 0 spiro atoms. The number of likely N-dealkylation sites (N-methyl/N-ethyl adjacent to an activating group) is 1.